The molecule has 1 heterocycles. The number of aliphatic imine (C=N–C) groups is 1. The minimum absolute atomic E-state index is 0.110. The van der Waals surface area contributed by atoms with Gasteiger partial charge in [0.25, 0.3) is 0 Å². The third-order valence-electron chi connectivity index (χ3n) is 3.62. The molecule has 0 aliphatic rings. The number of nitrogens with two attached hydrogens (primary N) is 1. The number of guanidine groups is 1. The second-order valence-corrected chi connectivity index (χ2v) is 8.81. The molecule has 1 aromatic heterocycles. The van der Waals surface area contributed by atoms with Crippen LogP contribution in [0.2, 0.25) is 0 Å². The van der Waals surface area contributed by atoms with E-state index < -0.39 is 10.0 Å². The first-order valence-corrected chi connectivity index (χ1v) is 10.3. The van der Waals surface area contributed by atoms with E-state index in [0.717, 1.165) is 12.0 Å². The van der Waals surface area contributed by atoms with Gasteiger partial charge in [0, 0.05) is 35.8 Å². The summed E-state index contributed by atoms with van der Waals surface area (Å²) in [5.74, 6) is 0.705. The van der Waals surface area contributed by atoms with Gasteiger partial charge >= 0.3 is 0 Å². The molecular formula is C17H24N4O2S2. The number of hydrogen-bond donors (Lipinski definition) is 3. The van der Waals surface area contributed by atoms with Crippen molar-refractivity contribution in [2.24, 2.45) is 10.1 Å². The normalized spacial score (nSPS) is 13.5. The zero-order valence-electron chi connectivity index (χ0n) is 14.6. The second-order valence-electron chi connectivity index (χ2n) is 5.88. The third-order valence-corrected chi connectivity index (χ3v) is 5.57. The van der Waals surface area contributed by atoms with Crippen LogP contribution in [0.15, 0.2) is 46.3 Å². The number of aryl methyl sites for hydroxylation is 1. The van der Waals surface area contributed by atoms with Crippen LogP contribution < -0.4 is 15.8 Å². The van der Waals surface area contributed by atoms with Crippen LogP contribution in [0.25, 0.3) is 0 Å². The van der Waals surface area contributed by atoms with Crippen molar-refractivity contribution in [1.29, 1.82) is 0 Å². The van der Waals surface area contributed by atoms with Crippen molar-refractivity contribution >= 4 is 27.3 Å². The second kappa shape index (κ2) is 8.46. The van der Waals surface area contributed by atoms with E-state index in [1.54, 1.807) is 30.5 Å². The maximum Gasteiger partial charge on any atom is 0.238 e. The summed E-state index contributed by atoms with van der Waals surface area (Å²) >= 11 is 1.80. The molecule has 25 heavy (non-hydrogen) atoms. The van der Waals surface area contributed by atoms with E-state index in [2.05, 4.69) is 41.6 Å². The first-order chi connectivity index (χ1) is 11.8. The Hall–Kier alpha value is -1.90. The molecule has 0 aliphatic heterocycles. The van der Waals surface area contributed by atoms with E-state index in [9.17, 15) is 8.42 Å². The summed E-state index contributed by atoms with van der Waals surface area (Å²) in [6.07, 6.45) is 0.933. The highest BCUT2D eigenvalue weighted by Crippen LogP contribution is 2.16. The molecule has 0 radical (unpaired) electrons. The number of benzene rings is 1. The fourth-order valence-electron chi connectivity index (χ4n) is 2.36. The largest absolute Gasteiger partial charge is 0.354 e. The molecule has 0 saturated heterocycles. The van der Waals surface area contributed by atoms with Gasteiger partial charge in [-0.2, -0.15) is 0 Å². The van der Waals surface area contributed by atoms with Crippen LogP contribution in [-0.4, -0.2) is 27.5 Å². The summed E-state index contributed by atoms with van der Waals surface area (Å²) in [6.45, 7) is 4.76. The van der Waals surface area contributed by atoms with E-state index in [1.807, 2.05) is 0 Å². The van der Waals surface area contributed by atoms with Crippen LogP contribution in [0.1, 0.15) is 22.2 Å². The molecule has 2 rings (SSSR count). The van der Waals surface area contributed by atoms with Crippen LogP contribution in [0.5, 0.6) is 0 Å². The highest BCUT2D eigenvalue weighted by Gasteiger charge is 2.09. The Morgan fingerprint density at radius 3 is 2.44 bits per heavy atom. The average molecular weight is 381 g/mol. The van der Waals surface area contributed by atoms with Crippen molar-refractivity contribution in [3.63, 3.8) is 0 Å². The molecule has 136 valence electrons. The molecule has 2 aromatic rings. The van der Waals surface area contributed by atoms with Crippen molar-refractivity contribution in [2.45, 2.75) is 37.8 Å². The smallest absolute Gasteiger partial charge is 0.238 e. The number of hydrogen-bond acceptors (Lipinski definition) is 4. The van der Waals surface area contributed by atoms with Crippen LogP contribution in [0, 0.1) is 6.92 Å². The van der Waals surface area contributed by atoms with Gasteiger partial charge in [-0.3, -0.25) is 4.99 Å². The minimum atomic E-state index is -3.65. The minimum Gasteiger partial charge on any atom is -0.354 e. The molecule has 0 saturated carbocycles. The molecule has 0 spiro atoms. The van der Waals surface area contributed by atoms with Crippen molar-refractivity contribution in [3.8, 4) is 0 Å². The molecule has 0 bridgehead atoms. The summed E-state index contributed by atoms with van der Waals surface area (Å²) in [5, 5.41) is 11.7. The molecule has 1 atom stereocenters. The summed E-state index contributed by atoms with van der Waals surface area (Å²) in [6, 6.07) is 11.0. The molecule has 4 N–H and O–H groups in total. The number of primary sulfonamides is 1. The number of rotatable bonds is 6. The van der Waals surface area contributed by atoms with Crippen molar-refractivity contribution in [1.82, 2.24) is 10.6 Å². The quantitative estimate of drug-likeness (QED) is 0.527. The van der Waals surface area contributed by atoms with E-state index in [-0.39, 0.29) is 10.9 Å². The van der Waals surface area contributed by atoms with Crippen LogP contribution >= 0.6 is 11.3 Å². The van der Waals surface area contributed by atoms with Crippen molar-refractivity contribution in [3.05, 3.63) is 51.7 Å². The van der Waals surface area contributed by atoms with E-state index >= 15 is 0 Å². The lowest BCUT2D eigenvalue weighted by Gasteiger charge is -2.17. The summed E-state index contributed by atoms with van der Waals surface area (Å²) in [4.78, 5) is 6.99. The Balaban J connectivity index is 1.87. The van der Waals surface area contributed by atoms with Crippen LogP contribution in [-0.2, 0) is 23.0 Å². The zero-order valence-corrected chi connectivity index (χ0v) is 16.2. The predicted molar refractivity (Wildman–Crippen MR) is 103 cm³/mol. The maximum absolute atomic E-state index is 11.3. The van der Waals surface area contributed by atoms with Crippen LogP contribution in [0.3, 0.4) is 0 Å². The number of nitrogens with one attached hydrogen (secondary N) is 2. The Morgan fingerprint density at radius 1 is 1.24 bits per heavy atom. The van der Waals surface area contributed by atoms with Gasteiger partial charge in [0.15, 0.2) is 5.96 Å². The highest BCUT2D eigenvalue weighted by molar-refractivity contribution is 7.89. The fourth-order valence-corrected chi connectivity index (χ4v) is 3.89. The Bertz CT molecular complexity index is 827. The van der Waals surface area contributed by atoms with Crippen molar-refractivity contribution < 1.29 is 8.42 Å². The third kappa shape index (κ3) is 6.15. The first-order valence-electron chi connectivity index (χ1n) is 7.92. The number of thiophene rings is 1. The molecule has 0 fully saturated rings. The Kier molecular flexibility index (Phi) is 6.57. The zero-order chi connectivity index (χ0) is 18.4. The Labute approximate surface area is 153 Å². The first kappa shape index (κ1) is 19.4. The molecule has 0 amide bonds. The lowest BCUT2D eigenvalue weighted by Crippen LogP contribution is -2.42. The molecule has 6 nitrogen and oxygen atoms in total. The van der Waals surface area contributed by atoms with Crippen molar-refractivity contribution in [2.75, 3.05) is 7.05 Å². The number of nitrogens with zero attached hydrogens (tertiary/aromatic N) is 1. The molecular weight excluding hydrogens is 356 g/mol. The molecule has 8 heteroatoms. The standard InChI is InChI=1S/C17H24N4O2S2/c1-12(10-15-7-4-13(2)24-15)21-17(19-3)20-11-14-5-8-16(9-6-14)25(18,22)23/h4-9,12H,10-11H2,1-3H3,(H2,18,22,23)(H2,19,20,21). The molecule has 1 unspecified atom stereocenters. The molecule has 1 aromatic carbocycles. The summed E-state index contributed by atoms with van der Waals surface area (Å²) < 4.78 is 22.5. The van der Waals surface area contributed by atoms with Gasteiger partial charge in [-0.05, 0) is 43.7 Å². The highest BCUT2D eigenvalue weighted by atomic mass is 32.2. The van der Waals surface area contributed by atoms with E-state index in [1.165, 1.54) is 21.9 Å². The fraction of sp³-hybridized carbons (Fsp3) is 0.353. The number of sulfonamides is 1. The van der Waals surface area contributed by atoms with Gasteiger partial charge in [0.05, 0.1) is 4.90 Å². The SMILES string of the molecule is CN=C(NCc1ccc(S(N)(=O)=O)cc1)NC(C)Cc1ccc(C)s1. The monoisotopic (exact) mass is 380 g/mol. The lowest BCUT2D eigenvalue weighted by molar-refractivity contribution is 0.597. The van der Waals surface area contributed by atoms with E-state index in [4.69, 9.17) is 5.14 Å². The van der Waals surface area contributed by atoms with Gasteiger partial charge in [-0.25, -0.2) is 13.6 Å². The van der Waals surface area contributed by atoms with E-state index in [0.29, 0.717) is 12.5 Å². The summed E-state index contributed by atoms with van der Waals surface area (Å²) in [7, 11) is -1.93. The van der Waals surface area contributed by atoms with Gasteiger partial charge in [-0.15, -0.1) is 11.3 Å². The topological polar surface area (TPSA) is 96.6 Å². The lowest BCUT2D eigenvalue weighted by atomic mass is 10.2. The van der Waals surface area contributed by atoms with Gasteiger partial charge in [0.1, 0.15) is 0 Å². The summed E-state index contributed by atoms with van der Waals surface area (Å²) in [5.41, 5.74) is 0.942. The van der Waals surface area contributed by atoms with Gasteiger partial charge < -0.3 is 10.6 Å². The molecule has 0 aliphatic carbocycles. The van der Waals surface area contributed by atoms with Gasteiger partial charge in [0.2, 0.25) is 10.0 Å². The van der Waals surface area contributed by atoms with Gasteiger partial charge in [-0.1, -0.05) is 12.1 Å². The Morgan fingerprint density at radius 2 is 1.92 bits per heavy atom. The maximum atomic E-state index is 11.3. The predicted octanol–water partition coefficient (Wildman–Crippen LogP) is 2.00. The average Bonchev–Trinajstić information content (AvgIpc) is 2.95. The van der Waals surface area contributed by atoms with Crippen LogP contribution in [0.4, 0.5) is 0 Å².